The van der Waals surface area contributed by atoms with Crippen LogP contribution in [0.1, 0.15) is 11.3 Å². The third-order valence-electron chi connectivity index (χ3n) is 4.49. The Morgan fingerprint density at radius 1 is 1.00 bits per heavy atom. The maximum Gasteiger partial charge on any atom is 0.137 e. The molecular formula is C21H16F2N2O. The smallest absolute Gasteiger partial charge is 0.137 e. The Morgan fingerprint density at radius 2 is 1.85 bits per heavy atom. The van der Waals surface area contributed by atoms with E-state index < -0.39 is 11.6 Å². The van der Waals surface area contributed by atoms with Gasteiger partial charge in [0.25, 0.3) is 0 Å². The highest BCUT2D eigenvalue weighted by atomic mass is 19.1. The van der Waals surface area contributed by atoms with E-state index in [9.17, 15) is 13.9 Å². The van der Waals surface area contributed by atoms with Crippen LogP contribution >= 0.6 is 0 Å². The standard InChI is InChI=1S/C21H16F2N2O/c1-13-21(18-7-6-17(22)10-19(18)23)24-20-8-5-16(11-25(13)20)15-4-2-3-14(9-15)12-26/h2-11,26H,12H2,1H3. The fourth-order valence-electron chi connectivity index (χ4n) is 3.12. The van der Waals surface area contributed by atoms with Crippen LogP contribution in [0.5, 0.6) is 0 Å². The van der Waals surface area contributed by atoms with Gasteiger partial charge in [-0.3, -0.25) is 0 Å². The Hall–Kier alpha value is -3.05. The van der Waals surface area contributed by atoms with Crippen LogP contribution in [-0.4, -0.2) is 14.5 Å². The fraction of sp³-hybridized carbons (Fsp3) is 0.0952. The molecule has 1 N–H and O–H groups in total. The maximum atomic E-state index is 14.2. The van der Waals surface area contributed by atoms with Crippen molar-refractivity contribution in [1.29, 1.82) is 0 Å². The summed E-state index contributed by atoms with van der Waals surface area (Å²) in [4.78, 5) is 4.50. The molecule has 0 amide bonds. The molecule has 0 fully saturated rings. The molecule has 4 rings (SSSR count). The third-order valence-corrected chi connectivity index (χ3v) is 4.49. The lowest BCUT2D eigenvalue weighted by atomic mass is 10.1. The highest BCUT2D eigenvalue weighted by Gasteiger charge is 2.15. The van der Waals surface area contributed by atoms with Gasteiger partial charge in [-0.05, 0) is 53.9 Å². The molecule has 0 spiro atoms. The lowest BCUT2D eigenvalue weighted by Crippen LogP contribution is -1.91. The second kappa shape index (κ2) is 6.35. The molecule has 0 aliphatic rings. The topological polar surface area (TPSA) is 37.5 Å². The monoisotopic (exact) mass is 350 g/mol. The van der Waals surface area contributed by atoms with Crippen LogP contribution in [0.4, 0.5) is 8.78 Å². The number of aliphatic hydroxyl groups excluding tert-OH is 1. The van der Waals surface area contributed by atoms with Gasteiger partial charge in [0.15, 0.2) is 0 Å². The number of halogens is 2. The minimum absolute atomic E-state index is 0.0197. The largest absolute Gasteiger partial charge is 0.392 e. The number of hydrogen-bond donors (Lipinski definition) is 1. The highest BCUT2D eigenvalue weighted by molar-refractivity contribution is 5.70. The van der Waals surface area contributed by atoms with Crippen molar-refractivity contribution in [3.8, 4) is 22.4 Å². The fourth-order valence-corrected chi connectivity index (χ4v) is 3.12. The number of fused-ring (bicyclic) bond motifs is 1. The zero-order valence-electron chi connectivity index (χ0n) is 14.1. The molecule has 130 valence electrons. The first-order chi connectivity index (χ1) is 12.6. The van der Waals surface area contributed by atoms with Crippen molar-refractivity contribution in [3.63, 3.8) is 0 Å². The van der Waals surface area contributed by atoms with E-state index in [1.165, 1.54) is 12.1 Å². The van der Waals surface area contributed by atoms with Crippen LogP contribution in [0.25, 0.3) is 28.0 Å². The van der Waals surface area contributed by atoms with Crippen LogP contribution in [-0.2, 0) is 6.61 Å². The zero-order chi connectivity index (χ0) is 18.3. The summed E-state index contributed by atoms with van der Waals surface area (Å²) in [5.41, 5.74) is 4.98. The van der Waals surface area contributed by atoms with Crippen molar-refractivity contribution >= 4 is 5.65 Å². The molecule has 0 unspecified atom stereocenters. The molecule has 0 bridgehead atoms. The van der Waals surface area contributed by atoms with E-state index in [0.29, 0.717) is 11.3 Å². The Balaban J connectivity index is 1.85. The number of rotatable bonds is 3. The first-order valence-electron chi connectivity index (χ1n) is 8.21. The van der Waals surface area contributed by atoms with Gasteiger partial charge in [0.1, 0.15) is 17.3 Å². The second-order valence-corrected chi connectivity index (χ2v) is 6.17. The lowest BCUT2D eigenvalue weighted by molar-refractivity contribution is 0.282. The van der Waals surface area contributed by atoms with Crippen molar-refractivity contribution < 1.29 is 13.9 Å². The number of nitrogens with zero attached hydrogens (tertiary/aromatic N) is 2. The van der Waals surface area contributed by atoms with Gasteiger partial charge < -0.3 is 9.51 Å². The van der Waals surface area contributed by atoms with Gasteiger partial charge in [0, 0.05) is 23.5 Å². The minimum Gasteiger partial charge on any atom is -0.392 e. The van der Waals surface area contributed by atoms with Gasteiger partial charge in [-0.15, -0.1) is 0 Å². The normalized spacial score (nSPS) is 11.2. The van der Waals surface area contributed by atoms with Crippen molar-refractivity contribution in [2.75, 3.05) is 0 Å². The van der Waals surface area contributed by atoms with Crippen LogP contribution in [0, 0.1) is 18.6 Å². The summed E-state index contributed by atoms with van der Waals surface area (Å²) < 4.78 is 29.2. The highest BCUT2D eigenvalue weighted by Crippen LogP contribution is 2.29. The van der Waals surface area contributed by atoms with Crippen molar-refractivity contribution in [3.05, 3.63) is 83.7 Å². The van der Waals surface area contributed by atoms with Gasteiger partial charge in [-0.2, -0.15) is 0 Å². The summed E-state index contributed by atoms with van der Waals surface area (Å²) in [6.45, 7) is 1.83. The van der Waals surface area contributed by atoms with E-state index in [4.69, 9.17) is 0 Å². The summed E-state index contributed by atoms with van der Waals surface area (Å²) in [7, 11) is 0. The Labute approximate surface area is 149 Å². The molecule has 0 saturated carbocycles. The average Bonchev–Trinajstić information content (AvgIpc) is 2.98. The van der Waals surface area contributed by atoms with E-state index in [2.05, 4.69) is 4.98 Å². The van der Waals surface area contributed by atoms with Crippen LogP contribution < -0.4 is 0 Å². The molecule has 2 aromatic heterocycles. The van der Waals surface area contributed by atoms with Crippen molar-refractivity contribution in [2.45, 2.75) is 13.5 Å². The average molecular weight is 350 g/mol. The number of aromatic nitrogens is 2. The SMILES string of the molecule is Cc1c(-c2ccc(F)cc2F)nc2ccc(-c3cccc(CO)c3)cn12. The molecular weight excluding hydrogens is 334 g/mol. The molecule has 2 aromatic carbocycles. The number of hydrogen-bond acceptors (Lipinski definition) is 2. The first-order valence-corrected chi connectivity index (χ1v) is 8.21. The summed E-state index contributed by atoms with van der Waals surface area (Å²) in [5, 5.41) is 9.32. The predicted molar refractivity (Wildman–Crippen MR) is 96.6 cm³/mol. The Kier molecular flexibility index (Phi) is 4.01. The third kappa shape index (κ3) is 2.76. The van der Waals surface area contributed by atoms with Gasteiger partial charge in [-0.1, -0.05) is 18.2 Å². The van der Waals surface area contributed by atoms with Crippen LogP contribution in [0.3, 0.4) is 0 Å². The molecule has 0 saturated heterocycles. The van der Waals surface area contributed by atoms with Gasteiger partial charge >= 0.3 is 0 Å². The number of benzene rings is 2. The van der Waals surface area contributed by atoms with Crippen LogP contribution in [0.15, 0.2) is 60.8 Å². The Morgan fingerprint density at radius 3 is 2.62 bits per heavy atom. The molecule has 2 heterocycles. The van der Waals surface area contributed by atoms with Gasteiger partial charge in [0.05, 0.1) is 12.3 Å². The summed E-state index contributed by atoms with van der Waals surface area (Å²) in [6, 6.07) is 14.9. The number of imidazole rings is 1. The van der Waals surface area contributed by atoms with E-state index >= 15 is 0 Å². The van der Waals surface area contributed by atoms with E-state index in [0.717, 1.165) is 28.5 Å². The van der Waals surface area contributed by atoms with Crippen molar-refractivity contribution in [1.82, 2.24) is 9.38 Å². The molecule has 26 heavy (non-hydrogen) atoms. The second-order valence-electron chi connectivity index (χ2n) is 6.17. The number of aryl methyl sites for hydroxylation is 1. The maximum absolute atomic E-state index is 14.2. The number of pyridine rings is 1. The summed E-state index contributed by atoms with van der Waals surface area (Å²) in [5.74, 6) is -1.24. The molecule has 0 aliphatic heterocycles. The quantitative estimate of drug-likeness (QED) is 0.579. The molecule has 3 nitrogen and oxygen atoms in total. The molecule has 0 aliphatic carbocycles. The molecule has 4 aromatic rings. The Bertz CT molecular complexity index is 1120. The van der Waals surface area contributed by atoms with Gasteiger partial charge in [-0.25, -0.2) is 13.8 Å². The lowest BCUT2D eigenvalue weighted by Gasteiger charge is -2.06. The van der Waals surface area contributed by atoms with E-state index in [1.54, 1.807) is 0 Å². The first kappa shape index (κ1) is 16.4. The molecule has 0 atom stereocenters. The minimum atomic E-state index is -0.632. The van der Waals surface area contributed by atoms with Crippen LogP contribution in [0.2, 0.25) is 0 Å². The van der Waals surface area contributed by atoms with E-state index in [-0.39, 0.29) is 12.2 Å². The molecule has 5 heteroatoms. The van der Waals surface area contributed by atoms with Gasteiger partial charge in [0.2, 0.25) is 0 Å². The predicted octanol–water partition coefficient (Wildman–Crippen LogP) is 4.75. The zero-order valence-corrected chi connectivity index (χ0v) is 14.1. The van der Waals surface area contributed by atoms with Crippen molar-refractivity contribution in [2.24, 2.45) is 0 Å². The van der Waals surface area contributed by atoms with E-state index in [1.807, 2.05) is 53.9 Å². The summed E-state index contributed by atoms with van der Waals surface area (Å²) in [6.07, 6.45) is 1.93. The summed E-state index contributed by atoms with van der Waals surface area (Å²) >= 11 is 0. The molecule has 0 radical (unpaired) electrons. The number of aliphatic hydroxyl groups is 1.